The summed E-state index contributed by atoms with van der Waals surface area (Å²) in [6.45, 7) is 5.75. The molecule has 2 N–H and O–H groups in total. The molecule has 1 saturated carbocycles. The summed E-state index contributed by atoms with van der Waals surface area (Å²) in [6, 6.07) is 23.0. The van der Waals surface area contributed by atoms with E-state index in [2.05, 4.69) is 30.0 Å². The van der Waals surface area contributed by atoms with E-state index in [9.17, 15) is 14.4 Å². The third kappa shape index (κ3) is 6.43. The Morgan fingerprint density at radius 3 is 2.15 bits per heavy atom. The number of carbonyl (C=O) groups is 3. The maximum Gasteiger partial charge on any atom is 0.287 e. The van der Waals surface area contributed by atoms with Crippen molar-refractivity contribution in [3.8, 4) is 0 Å². The first-order valence-electron chi connectivity index (χ1n) is 16.5. The molecule has 7 rings (SSSR count). The summed E-state index contributed by atoms with van der Waals surface area (Å²) in [6.07, 6.45) is 3.92. The van der Waals surface area contributed by atoms with E-state index in [-0.39, 0.29) is 23.3 Å². The van der Waals surface area contributed by atoms with Crippen LogP contribution in [0.1, 0.15) is 61.0 Å². The molecule has 1 spiro atoms. The minimum Gasteiger partial charge on any atom is -0.378 e. The molecule has 4 aromatic rings. The van der Waals surface area contributed by atoms with Crippen LogP contribution in [0.2, 0.25) is 0 Å². The van der Waals surface area contributed by atoms with Crippen molar-refractivity contribution in [3.63, 3.8) is 0 Å². The number of nitrogens with zero attached hydrogens (tertiary/aromatic N) is 5. The van der Waals surface area contributed by atoms with E-state index >= 15 is 0 Å². The van der Waals surface area contributed by atoms with Gasteiger partial charge in [-0.25, -0.2) is 4.98 Å². The van der Waals surface area contributed by atoms with E-state index in [1.165, 1.54) is 0 Å². The molecule has 1 aliphatic carbocycles. The van der Waals surface area contributed by atoms with Crippen molar-refractivity contribution < 1.29 is 19.1 Å². The first-order valence-corrected chi connectivity index (χ1v) is 16.5. The van der Waals surface area contributed by atoms with Crippen molar-refractivity contribution in [1.82, 2.24) is 24.7 Å². The lowest BCUT2D eigenvalue weighted by atomic mass is 10.0. The maximum atomic E-state index is 13.3. The van der Waals surface area contributed by atoms with Gasteiger partial charge in [-0.15, -0.1) is 0 Å². The number of imidazole rings is 1. The monoisotopic (exact) mass is 647 g/mol. The number of benzene rings is 3. The molecule has 0 atom stereocenters. The SMILES string of the molecule is CN(C)C(=O)c1ccc(CN2CCn3c(cnc3C(=O)NCc3ccc(NC(=O)c4ccc(N5CCOCC5)cc4)cc3)C23CC3)cc1. The standard InChI is InChI=1S/C37H41N7O4/c1-41(2)36(47)29-7-3-27(4-8-29)25-43-17-18-44-32(37(43)15-16-37)24-38-33(44)35(46)39-23-26-5-11-30(12-6-26)40-34(45)28-9-13-31(14-10-28)42-19-21-48-22-20-42/h3-14,24H,15-23,25H2,1-2H3,(H,39,46)(H,40,45). The highest BCUT2D eigenvalue weighted by atomic mass is 16.5. The van der Waals surface area contributed by atoms with E-state index in [1.54, 1.807) is 19.0 Å². The van der Waals surface area contributed by atoms with Crippen LogP contribution in [-0.4, -0.2) is 84.0 Å². The number of nitrogens with one attached hydrogen (secondary N) is 2. The average molecular weight is 648 g/mol. The fourth-order valence-electron chi connectivity index (χ4n) is 6.72. The summed E-state index contributed by atoms with van der Waals surface area (Å²) >= 11 is 0. The second-order valence-corrected chi connectivity index (χ2v) is 12.9. The number of carbonyl (C=O) groups excluding carboxylic acids is 3. The van der Waals surface area contributed by atoms with Crippen LogP contribution < -0.4 is 15.5 Å². The van der Waals surface area contributed by atoms with E-state index in [1.807, 2.05) is 79.0 Å². The zero-order valence-corrected chi connectivity index (χ0v) is 27.4. The van der Waals surface area contributed by atoms with Gasteiger partial charge in [0, 0.05) is 75.9 Å². The summed E-state index contributed by atoms with van der Waals surface area (Å²) in [5.74, 6) is 0.0569. The lowest BCUT2D eigenvalue weighted by Crippen LogP contribution is -2.44. The number of hydrogen-bond acceptors (Lipinski definition) is 7. The molecule has 1 saturated heterocycles. The molecular formula is C37H41N7O4. The van der Waals surface area contributed by atoms with Crippen LogP contribution in [0.3, 0.4) is 0 Å². The molecule has 48 heavy (non-hydrogen) atoms. The second kappa shape index (κ2) is 13.2. The van der Waals surface area contributed by atoms with Gasteiger partial charge >= 0.3 is 0 Å². The van der Waals surface area contributed by atoms with Crippen molar-refractivity contribution in [2.24, 2.45) is 0 Å². The van der Waals surface area contributed by atoms with Gasteiger partial charge in [-0.3, -0.25) is 19.3 Å². The Labute approximate surface area is 280 Å². The van der Waals surface area contributed by atoms with Gasteiger partial charge < -0.3 is 29.7 Å². The Bertz CT molecular complexity index is 1790. The highest BCUT2D eigenvalue weighted by Crippen LogP contribution is 2.53. The van der Waals surface area contributed by atoms with Crippen LogP contribution in [0.4, 0.5) is 11.4 Å². The van der Waals surface area contributed by atoms with Crippen molar-refractivity contribution >= 4 is 29.1 Å². The van der Waals surface area contributed by atoms with Crippen LogP contribution in [0.25, 0.3) is 0 Å². The summed E-state index contributed by atoms with van der Waals surface area (Å²) < 4.78 is 7.49. The number of morpholine rings is 1. The van der Waals surface area contributed by atoms with Crippen LogP contribution in [0.15, 0.2) is 79.0 Å². The highest BCUT2D eigenvalue weighted by Gasteiger charge is 2.53. The fraction of sp³-hybridized carbons (Fsp3) is 0.351. The predicted octanol–water partition coefficient (Wildman–Crippen LogP) is 4.11. The largest absolute Gasteiger partial charge is 0.378 e. The first kappa shape index (κ1) is 31.6. The summed E-state index contributed by atoms with van der Waals surface area (Å²) in [4.78, 5) is 49.3. The lowest BCUT2D eigenvalue weighted by Gasteiger charge is -2.37. The fourth-order valence-corrected chi connectivity index (χ4v) is 6.72. The molecule has 0 radical (unpaired) electrons. The number of rotatable bonds is 9. The number of fused-ring (bicyclic) bond motifs is 2. The Kier molecular flexibility index (Phi) is 8.72. The van der Waals surface area contributed by atoms with Gasteiger partial charge in [0.15, 0.2) is 5.82 Å². The van der Waals surface area contributed by atoms with Gasteiger partial charge in [0.2, 0.25) is 0 Å². The first-order chi connectivity index (χ1) is 23.3. The quantitative estimate of drug-likeness (QED) is 0.281. The lowest BCUT2D eigenvalue weighted by molar-refractivity contribution is 0.0826. The predicted molar refractivity (Wildman–Crippen MR) is 183 cm³/mol. The molecule has 3 heterocycles. The van der Waals surface area contributed by atoms with Gasteiger partial charge in [-0.2, -0.15) is 0 Å². The minimum absolute atomic E-state index is 0.00390. The molecule has 11 heteroatoms. The van der Waals surface area contributed by atoms with Crippen LogP contribution >= 0.6 is 0 Å². The zero-order chi connectivity index (χ0) is 33.3. The third-order valence-corrected chi connectivity index (χ3v) is 9.61. The van der Waals surface area contributed by atoms with Crippen molar-refractivity contribution in [1.29, 1.82) is 0 Å². The molecule has 1 aromatic heterocycles. The molecule has 11 nitrogen and oxygen atoms in total. The summed E-state index contributed by atoms with van der Waals surface area (Å²) in [5.41, 5.74) is 6.12. The molecule has 3 amide bonds. The highest BCUT2D eigenvalue weighted by molar-refractivity contribution is 6.04. The minimum atomic E-state index is -0.204. The zero-order valence-electron chi connectivity index (χ0n) is 27.4. The smallest absolute Gasteiger partial charge is 0.287 e. The molecule has 248 valence electrons. The average Bonchev–Trinajstić information content (AvgIpc) is 3.78. The van der Waals surface area contributed by atoms with Crippen molar-refractivity contribution in [2.45, 2.75) is 38.0 Å². The van der Waals surface area contributed by atoms with Crippen molar-refractivity contribution in [2.75, 3.05) is 57.2 Å². The second-order valence-electron chi connectivity index (χ2n) is 12.9. The summed E-state index contributed by atoms with van der Waals surface area (Å²) in [7, 11) is 3.51. The molecule has 0 bridgehead atoms. The number of amides is 3. The van der Waals surface area contributed by atoms with Crippen molar-refractivity contribution in [3.05, 3.63) is 113 Å². The molecule has 0 unspecified atom stereocenters. The Hall–Kier alpha value is -5.00. The molecule has 3 aliphatic rings. The van der Waals surface area contributed by atoms with Gasteiger partial charge in [0.25, 0.3) is 17.7 Å². The molecule has 3 aromatic carbocycles. The number of aromatic nitrogens is 2. The van der Waals surface area contributed by atoms with E-state index in [0.29, 0.717) is 48.9 Å². The Morgan fingerprint density at radius 1 is 0.812 bits per heavy atom. The van der Waals surface area contributed by atoms with Gasteiger partial charge in [-0.1, -0.05) is 24.3 Å². The number of hydrogen-bond donors (Lipinski definition) is 2. The molecular weight excluding hydrogens is 606 g/mol. The third-order valence-electron chi connectivity index (χ3n) is 9.61. The van der Waals surface area contributed by atoms with Crippen LogP contribution in [0.5, 0.6) is 0 Å². The van der Waals surface area contributed by atoms with E-state index in [0.717, 1.165) is 61.5 Å². The molecule has 2 fully saturated rings. The maximum absolute atomic E-state index is 13.3. The number of ether oxygens (including phenoxy) is 1. The Balaban J connectivity index is 0.927. The van der Waals surface area contributed by atoms with Gasteiger partial charge in [0.05, 0.1) is 30.6 Å². The van der Waals surface area contributed by atoms with E-state index < -0.39 is 0 Å². The normalized spacial score (nSPS) is 16.7. The summed E-state index contributed by atoms with van der Waals surface area (Å²) in [5, 5.41) is 5.98. The van der Waals surface area contributed by atoms with E-state index in [4.69, 9.17) is 4.74 Å². The molecule has 2 aliphatic heterocycles. The topological polar surface area (TPSA) is 112 Å². The van der Waals surface area contributed by atoms with Gasteiger partial charge in [0.1, 0.15) is 0 Å². The van der Waals surface area contributed by atoms with Gasteiger partial charge in [-0.05, 0) is 72.5 Å². The Morgan fingerprint density at radius 2 is 1.48 bits per heavy atom. The number of anilines is 2. The van der Waals surface area contributed by atoms with Crippen LogP contribution in [-0.2, 0) is 29.9 Å². The van der Waals surface area contributed by atoms with Crippen LogP contribution in [0, 0.1) is 0 Å².